The quantitative estimate of drug-likeness (QED) is 0.701. The third kappa shape index (κ3) is 5.44. The van der Waals surface area contributed by atoms with Gasteiger partial charge in [-0.2, -0.15) is 0 Å². The number of nitrogens with zero attached hydrogens (tertiary/aromatic N) is 2. The van der Waals surface area contributed by atoms with Crippen molar-refractivity contribution in [2.45, 2.75) is 32.2 Å². The highest BCUT2D eigenvalue weighted by Gasteiger charge is 2.22. The summed E-state index contributed by atoms with van der Waals surface area (Å²) in [5.74, 6) is 1.29. The SMILES string of the molecule is O=C(/C=C/c1ccc(N2CCCC2=O)cc1)NCc1ccnc(OCC2CC2)c1. The number of rotatable bonds is 8. The summed E-state index contributed by atoms with van der Waals surface area (Å²) in [6.07, 6.45) is 8.98. The number of anilines is 1. The molecule has 1 aromatic carbocycles. The van der Waals surface area contributed by atoms with Crippen LogP contribution in [0.3, 0.4) is 0 Å². The van der Waals surface area contributed by atoms with Gasteiger partial charge in [0.15, 0.2) is 0 Å². The summed E-state index contributed by atoms with van der Waals surface area (Å²) in [4.78, 5) is 29.9. The van der Waals surface area contributed by atoms with Crippen LogP contribution < -0.4 is 15.0 Å². The summed E-state index contributed by atoms with van der Waals surface area (Å²) < 4.78 is 5.67. The molecule has 1 saturated heterocycles. The second-order valence-corrected chi connectivity index (χ2v) is 7.55. The number of aromatic nitrogens is 1. The van der Waals surface area contributed by atoms with Gasteiger partial charge in [-0.1, -0.05) is 12.1 Å². The van der Waals surface area contributed by atoms with Gasteiger partial charge >= 0.3 is 0 Å². The predicted molar refractivity (Wildman–Crippen MR) is 111 cm³/mol. The highest BCUT2D eigenvalue weighted by atomic mass is 16.5. The largest absolute Gasteiger partial charge is 0.477 e. The summed E-state index contributed by atoms with van der Waals surface area (Å²) in [5.41, 5.74) is 2.77. The van der Waals surface area contributed by atoms with E-state index in [1.165, 1.54) is 18.9 Å². The van der Waals surface area contributed by atoms with Crippen LogP contribution in [0.25, 0.3) is 6.08 Å². The van der Waals surface area contributed by atoms with Crippen LogP contribution in [0.4, 0.5) is 5.69 Å². The maximum Gasteiger partial charge on any atom is 0.244 e. The van der Waals surface area contributed by atoms with Gasteiger partial charge in [0.2, 0.25) is 17.7 Å². The van der Waals surface area contributed by atoms with E-state index >= 15 is 0 Å². The molecule has 2 heterocycles. The van der Waals surface area contributed by atoms with E-state index in [0.29, 0.717) is 24.8 Å². The Bertz CT molecular complexity index is 904. The first-order valence-electron chi connectivity index (χ1n) is 10.1. The topological polar surface area (TPSA) is 71.5 Å². The number of carbonyl (C=O) groups is 2. The Morgan fingerprint density at radius 3 is 2.79 bits per heavy atom. The van der Waals surface area contributed by atoms with Gasteiger partial charge in [0.25, 0.3) is 0 Å². The number of hydrogen-bond donors (Lipinski definition) is 1. The zero-order chi connectivity index (χ0) is 20.1. The molecule has 2 aliphatic rings. The van der Waals surface area contributed by atoms with Crippen molar-refractivity contribution in [3.63, 3.8) is 0 Å². The van der Waals surface area contributed by atoms with E-state index in [1.54, 1.807) is 17.2 Å². The summed E-state index contributed by atoms with van der Waals surface area (Å²) in [5, 5.41) is 2.87. The number of amides is 2. The second kappa shape index (κ2) is 8.90. The van der Waals surface area contributed by atoms with Crippen LogP contribution in [0.15, 0.2) is 48.7 Å². The lowest BCUT2D eigenvalue weighted by Crippen LogP contribution is -2.23. The minimum Gasteiger partial charge on any atom is -0.477 e. The predicted octanol–water partition coefficient (Wildman–Crippen LogP) is 3.33. The number of benzene rings is 1. The van der Waals surface area contributed by atoms with Crippen molar-refractivity contribution in [3.05, 3.63) is 59.8 Å². The van der Waals surface area contributed by atoms with Crippen molar-refractivity contribution in [2.24, 2.45) is 5.92 Å². The normalized spacial score (nSPS) is 16.4. The molecule has 4 rings (SSSR count). The molecule has 2 aromatic rings. The molecule has 6 heteroatoms. The molecular formula is C23H25N3O3. The van der Waals surface area contributed by atoms with Gasteiger partial charge in [0.05, 0.1) is 6.61 Å². The molecule has 0 unspecified atom stereocenters. The molecule has 6 nitrogen and oxygen atoms in total. The minimum atomic E-state index is -0.166. The lowest BCUT2D eigenvalue weighted by molar-refractivity contribution is -0.117. The van der Waals surface area contributed by atoms with E-state index in [2.05, 4.69) is 10.3 Å². The molecule has 2 fully saturated rings. The van der Waals surface area contributed by atoms with Gasteiger partial charge in [0, 0.05) is 43.5 Å². The average Bonchev–Trinajstić information content (AvgIpc) is 3.49. The fraction of sp³-hybridized carbons (Fsp3) is 0.348. The zero-order valence-electron chi connectivity index (χ0n) is 16.3. The first-order chi connectivity index (χ1) is 14.2. The Kier molecular flexibility index (Phi) is 5.89. The monoisotopic (exact) mass is 391 g/mol. The van der Waals surface area contributed by atoms with E-state index in [-0.39, 0.29) is 11.8 Å². The fourth-order valence-corrected chi connectivity index (χ4v) is 3.23. The highest BCUT2D eigenvalue weighted by molar-refractivity contribution is 5.95. The first kappa shape index (κ1) is 19.2. The number of pyridine rings is 1. The molecule has 0 atom stereocenters. The Labute approximate surface area is 170 Å². The number of hydrogen-bond acceptors (Lipinski definition) is 4. The summed E-state index contributed by atoms with van der Waals surface area (Å²) in [7, 11) is 0. The van der Waals surface area contributed by atoms with Crippen molar-refractivity contribution in [1.82, 2.24) is 10.3 Å². The lowest BCUT2D eigenvalue weighted by atomic mass is 10.2. The summed E-state index contributed by atoms with van der Waals surface area (Å²) in [6.45, 7) is 1.91. The van der Waals surface area contributed by atoms with Gasteiger partial charge in [-0.15, -0.1) is 0 Å². The van der Waals surface area contributed by atoms with Gasteiger partial charge < -0.3 is 15.0 Å². The highest BCUT2D eigenvalue weighted by Crippen LogP contribution is 2.29. The van der Waals surface area contributed by atoms with E-state index < -0.39 is 0 Å². The van der Waals surface area contributed by atoms with Crippen LogP contribution in [-0.2, 0) is 16.1 Å². The Morgan fingerprint density at radius 1 is 1.24 bits per heavy atom. The molecule has 2 amide bonds. The molecule has 29 heavy (non-hydrogen) atoms. The van der Waals surface area contributed by atoms with E-state index in [4.69, 9.17) is 4.74 Å². The van der Waals surface area contributed by atoms with Gasteiger partial charge in [-0.25, -0.2) is 4.98 Å². The summed E-state index contributed by atoms with van der Waals surface area (Å²) >= 11 is 0. The van der Waals surface area contributed by atoms with Crippen LogP contribution in [0.2, 0.25) is 0 Å². The minimum absolute atomic E-state index is 0.166. The Morgan fingerprint density at radius 2 is 2.07 bits per heavy atom. The zero-order valence-corrected chi connectivity index (χ0v) is 16.3. The fourth-order valence-electron chi connectivity index (χ4n) is 3.23. The standard InChI is InChI=1S/C23H25N3O3/c27-21(25-15-19-11-12-24-22(14-19)29-16-18-3-4-18)10-7-17-5-8-20(9-6-17)26-13-1-2-23(26)28/h5-12,14,18H,1-4,13,15-16H2,(H,25,27)/b10-7+. The molecule has 0 bridgehead atoms. The van der Waals surface area contributed by atoms with Crippen molar-refractivity contribution < 1.29 is 14.3 Å². The van der Waals surface area contributed by atoms with Gasteiger partial charge in [0.1, 0.15) is 0 Å². The van der Waals surface area contributed by atoms with E-state index in [9.17, 15) is 9.59 Å². The number of nitrogens with one attached hydrogen (secondary N) is 1. The smallest absolute Gasteiger partial charge is 0.244 e. The molecule has 0 radical (unpaired) electrons. The third-order valence-electron chi connectivity index (χ3n) is 5.14. The van der Waals surface area contributed by atoms with Crippen LogP contribution in [0, 0.1) is 5.92 Å². The molecular weight excluding hydrogens is 366 g/mol. The van der Waals surface area contributed by atoms with Gasteiger partial charge in [-0.05, 0) is 60.6 Å². The summed E-state index contributed by atoms with van der Waals surface area (Å²) in [6, 6.07) is 11.4. The van der Waals surface area contributed by atoms with Gasteiger partial charge in [-0.3, -0.25) is 9.59 Å². The van der Waals surface area contributed by atoms with Crippen molar-refractivity contribution >= 4 is 23.6 Å². The number of ether oxygens (including phenoxy) is 1. The molecule has 1 aliphatic heterocycles. The first-order valence-corrected chi connectivity index (χ1v) is 10.1. The molecule has 1 aliphatic carbocycles. The van der Waals surface area contributed by atoms with Crippen LogP contribution in [-0.4, -0.2) is 29.9 Å². The van der Waals surface area contributed by atoms with E-state index in [1.807, 2.05) is 36.4 Å². The maximum atomic E-state index is 12.1. The second-order valence-electron chi connectivity index (χ2n) is 7.55. The molecule has 1 saturated carbocycles. The van der Waals surface area contributed by atoms with Crippen LogP contribution in [0.1, 0.15) is 36.8 Å². The molecule has 0 spiro atoms. The molecule has 1 aromatic heterocycles. The number of carbonyl (C=O) groups excluding carboxylic acids is 2. The van der Waals surface area contributed by atoms with Crippen molar-refractivity contribution in [3.8, 4) is 5.88 Å². The van der Waals surface area contributed by atoms with Crippen molar-refractivity contribution in [2.75, 3.05) is 18.1 Å². The lowest BCUT2D eigenvalue weighted by Gasteiger charge is -2.15. The third-order valence-corrected chi connectivity index (χ3v) is 5.14. The molecule has 1 N–H and O–H groups in total. The average molecular weight is 391 g/mol. The van der Waals surface area contributed by atoms with Crippen LogP contribution in [0.5, 0.6) is 5.88 Å². The molecule has 150 valence electrons. The van der Waals surface area contributed by atoms with Crippen molar-refractivity contribution in [1.29, 1.82) is 0 Å². The maximum absolute atomic E-state index is 12.1. The van der Waals surface area contributed by atoms with E-state index in [0.717, 1.165) is 36.4 Å². The Balaban J connectivity index is 1.26. The Hall–Kier alpha value is -3.15. The van der Waals surface area contributed by atoms with Crippen LogP contribution >= 0.6 is 0 Å².